The van der Waals surface area contributed by atoms with Crippen molar-refractivity contribution in [3.8, 4) is 0 Å². The highest BCUT2D eigenvalue weighted by atomic mass is 32.2. The maximum atomic E-state index is 11.4. The average Bonchev–Trinajstić information content (AvgIpc) is 2.17. The van der Waals surface area contributed by atoms with Gasteiger partial charge in [-0.1, -0.05) is 12.1 Å². The van der Waals surface area contributed by atoms with Crippen molar-refractivity contribution in [3.05, 3.63) is 29.8 Å². The second kappa shape index (κ2) is 4.41. The number of rotatable bonds is 4. The molecular weight excluding hydrogens is 216 g/mol. The Kier molecular flexibility index (Phi) is 3.43. The molecule has 0 aromatic heterocycles. The van der Waals surface area contributed by atoms with Crippen molar-refractivity contribution in [2.75, 3.05) is 18.8 Å². The molecule has 5 nitrogen and oxygen atoms in total. The number of hydrogen-bond acceptors (Lipinski definition) is 3. The Morgan fingerprint density at radius 1 is 1.33 bits per heavy atom. The molecule has 0 bridgehead atoms. The predicted molar refractivity (Wildman–Crippen MR) is 58.1 cm³/mol. The zero-order valence-electron chi connectivity index (χ0n) is 8.47. The van der Waals surface area contributed by atoms with Crippen LogP contribution in [0.2, 0.25) is 0 Å². The van der Waals surface area contributed by atoms with Gasteiger partial charge < -0.3 is 0 Å². The molecule has 0 saturated heterocycles. The number of benzene rings is 1. The van der Waals surface area contributed by atoms with Crippen LogP contribution < -0.4 is 4.72 Å². The average molecular weight is 228 g/mol. The number of aldehydes is 1. The third-order valence-electron chi connectivity index (χ3n) is 1.75. The summed E-state index contributed by atoms with van der Waals surface area (Å²) < 4.78 is 26.2. The van der Waals surface area contributed by atoms with Gasteiger partial charge in [-0.3, -0.25) is 9.52 Å². The van der Waals surface area contributed by atoms with E-state index in [0.29, 0.717) is 17.5 Å². The van der Waals surface area contributed by atoms with Crippen LogP contribution in [0.1, 0.15) is 10.4 Å². The molecule has 0 atom stereocenters. The number of carbonyl (C=O) groups is 1. The first-order valence-electron chi connectivity index (χ1n) is 4.21. The molecule has 1 rings (SSSR count). The highest BCUT2D eigenvalue weighted by Gasteiger charge is 2.12. The number of nitrogens with zero attached hydrogens (tertiary/aromatic N) is 1. The molecule has 82 valence electrons. The Labute approximate surface area is 88.9 Å². The summed E-state index contributed by atoms with van der Waals surface area (Å²) in [6, 6.07) is 6.25. The molecule has 0 radical (unpaired) electrons. The quantitative estimate of drug-likeness (QED) is 0.772. The van der Waals surface area contributed by atoms with Gasteiger partial charge in [0.15, 0.2) is 0 Å². The van der Waals surface area contributed by atoms with Crippen LogP contribution in [0, 0.1) is 0 Å². The lowest BCUT2D eigenvalue weighted by Gasteiger charge is -2.13. The van der Waals surface area contributed by atoms with Gasteiger partial charge in [0.25, 0.3) is 0 Å². The summed E-state index contributed by atoms with van der Waals surface area (Å²) in [5.41, 5.74) is 0.794. The van der Waals surface area contributed by atoms with Gasteiger partial charge in [-0.25, -0.2) is 0 Å². The number of nitrogens with one attached hydrogen (secondary N) is 1. The predicted octanol–water partition coefficient (Wildman–Crippen LogP) is 0.717. The highest BCUT2D eigenvalue weighted by molar-refractivity contribution is 7.90. The van der Waals surface area contributed by atoms with Gasteiger partial charge in [0, 0.05) is 19.7 Å². The molecule has 0 aliphatic carbocycles. The molecule has 1 aromatic carbocycles. The molecule has 1 N–H and O–H groups in total. The van der Waals surface area contributed by atoms with E-state index in [1.165, 1.54) is 20.2 Å². The minimum atomic E-state index is -3.51. The third kappa shape index (κ3) is 3.03. The Morgan fingerprint density at radius 2 is 2.00 bits per heavy atom. The monoisotopic (exact) mass is 228 g/mol. The molecule has 15 heavy (non-hydrogen) atoms. The van der Waals surface area contributed by atoms with E-state index in [-0.39, 0.29) is 0 Å². The van der Waals surface area contributed by atoms with E-state index >= 15 is 0 Å². The Balaban J connectivity index is 2.95. The van der Waals surface area contributed by atoms with E-state index in [1.807, 2.05) is 0 Å². The molecule has 6 heteroatoms. The second-order valence-electron chi connectivity index (χ2n) is 3.13. The lowest BCUT2D eigenvalue weighted by molar-refractivity contribution is 0.112. The van der Waals surface area contributed by atoms with Gasteiger partial charge >= 0.3 is 10.2 Å². The van der Waals surface area contributed by atoms with E-state index in [2.05, 4.69) is 4.72 Å². The van der Waals surface area contributed by atoms with Crippen LogP contribution in [0.15, 0.2) is 24.3 Å². The summed E-state index contributed by atoms with van der Waals surface area (Å²) >= 11 is 0. The van der Waals surface area contributed by atoms with Crippen molar-refractivity contribution in [3.63, 3.8) is 0 Å². The summed E-state index contributed by atoms with van der Waals surface area (Å²) in [4.78, 5) is 10.5. The normalized spacial score (nSPS) is 11.4. The van der Waals surface area contributed by atoms with E-state index in [1.54, 1.807) is 18.2 Å². The van der Waals surface area contributed by atoms with Gasteiger partial charge in [-0.05, 0) is 12.1 Å². The topological polar surface area (TPSA) is 66.5 Å². The van der Waals surface area contributed by atoms with Gasteiger partial charge in [0.2, 0.25) is 0 Å². The van der Waals surface area contributed by atoms with Crippen molar-refractivity contribution in [1.29, 1.82) is 0 Å². The molecule has 0 heterocycles. The maximum Gasteiger partial charge on any atom is 0.301 e. The highest BCUT2D eigenvalue weighted by Crippen LogP contribution is 2.11. The van der Waals surface area contributed by atoms with Crippen LogP contribution in [-0.2, 0) is 10.2 Å². The molecule has 0 unspecified atom stereocenters. The second-order valence-corrected chi connectivity index (χ2v) is 5.02. The fourth-order valence-corrected chi connectivity index (χ4v) is 1.52. The molecule has 1 aromatic rings. The largest absolute Gasteiger partial charge is 0.301 e. The van der Waals surface area contributed by atoms with Crippen LogP contribution in [0.3, 0.4) is 0 Å². The summed E-state index contributed by atoms with van der Waals surface area (Å²) in [6.45, 7) is 0. The Morgan fingerprint density at radius 3 is 2.53 bits per heavy atom. The number of carbonyl (C=O) groups excluding carboxylic acids is 1. The number of anilines is 1. The van der Waals surface area contributed by atoms with E-state index < -0.39 is 10.2 Å². The van der Waals surface area contributed by atoms with Crippen LogP contribution in [-0.4, -0.2) is 33.1 Å². The Hall–Kier alpha value is -1.40. The lowest BCUT2D eigenvalue weighted by atomic mass is 10.2. The van der Waals surface area contributed by atoms with Crippen molar-refractivity contribution in [2.24, 2.45) is 0 Å². The first-order valence-corrected chi connectivity index (χ1v) is 5.65. The van der Waals surface area contributed by atoms with Crippen LogP contribution in [0.25, 0.3) is 0 Å². The minimum absolute atomic E-state index is 0.369. The van der Waals surface area contributed by atoms with Crippen LogP contribution >= 0.6 is 0 Å². The smallest absolute Gasteiger partial charge is 0.298 e. The fraction of sp³-hybridized carbons (Fsp3) is 0.222. The summed E-state index contributed by atoms with van der Waals surface area (Å²) in [6.07, 6.45) is 0.660. The Bertz CT molecular complexity index is 454. The van der Waals surface area contributed by atoms with Crippen LogP contribution in [0.5, 0.6) is 0 Å². The SMILES string of the molecule is CN(C)S(=O)(=O)Nc1cccc(C=O)c1. The zero-order valence-corrected chi connectivity index (χ0v) is 9.28. The molecule has 0 fully saturated rings. The standard InChI is InChI=1S/C9H12N2O3S/c1-11(2)15(13,14)10-9-5-3-4-8(6-9)7-12/h3-7,10H,1-2H3. The van der Waals surface area contributed by atoms with Crippen molar-refractivity contribution in [2.45, 2.75) is 0 Å². The van der Waals surface area contributed by atoms with Gasteiger partial charge in [-0.2, -0.15) is 12.7 Å². The van der Waals surface area contributed by atoms with Crippen molar-refractivity contribution in [1.82, 2.24) is 4.31 Å². The summed E-state index contributed by atoms with van der Waals surface area (Å²) in [7, 11) is -0.664. The molecule has 0 saturated carbocycles. The fourth-order valence-electron chi connectivity index (χ4n) is 0.916. The molecule has 0 aliphatic heterocycles. The van der Waals surface area contributed by atoms with E-state index in [4.69, 9.17) is 0 Å². The molecule has 0 aliphatic rings. The first kappa shape index (κ1) is 11.7. The third-order valence-corrected chi connectivity index (χ3v) is 3.21. The maximum absolute atomic E-state index is 11.4. The van der Waals surface area contributed by atoms with Crippen molar-refractivity contribution < 1.29 is 13.2 Å². The van der Waals surface area contributed by atoms with Gasteiger partial charge in [-0.15, -0.1) is 0 Å². The van der Waals surface area contributed by atoms with Gasteiger partial charge in [0.1, 0.15) is 6.29 Å². The van der Waals surface area contributed by atoms with Crippen LogP contribution in [0.4, 0.5) is 5.69 Å². The van der Waals surface area contributed by atoms with Crippen molar-refractivity contribution >= 4 is 22.2 Å². The van der Waals surface area contributed by atoms with E-state index in [0.717, 1.165) is 4.31 Å². The minimum Gasteiger partial charge on any atom is -0.298 e. The first-order chi connectivity index (χ1) is 6.95. The summed E-state index contributed by atoms with van der Waals surface area (Å²) in [5, 5.41) is 0. The number of hydrogen-bond donors (Lipinski definition) is 1. The molecule has 0 spiro atoms. The van der Waals surface area contributed by atoms with E-state index in [9.17, 15) is 13.2 Å². The molecular formula is C9H12N2O3S. The molecule has 0 amide bonds. The lowest BCUT2D eigenvalue weighted by Crippen LogP contribution is -2.28. The summed E-state index contributed by atoms with van der Waals surface area (Å²) in [5.74, 6) is 0. The van der Waals surface area contributed by atoms with Gasteiger partial charge in [0.05, 0.1) is 5.69 Å². The zero-order chi connectivity index (χ0) is 11.5.